The van der Waals surface area contributed by atoms with Gasteiger partial charge in [-0.05, 0) is 19.3 Å². The van der Waals surface area contributed by atoms with Crippen LogP contribution in [0.1, 0.15) is 65.2 Å². The lowest BCUT2D eigenvalue weighted by molar-refractivity contribution is 0.383. The van der Waals surface area contributed by atoms with E-state index in [4.69, 9.17) is 4.98 Å². The van der Waals surface area contributed by atoms with Crippen LogP contribution in [0.2, 0.25) is 0 Å². The zero-order chi connectivity index (χ0) is 13.3. The molecule has 1 N–H and O–H groups in total. The van der Waals surface area contributed by atoms with Gasteiger partial charge in [-0.15, -0.1) is 0 Å². The Balaban J connectivity index is 2.35. The highest BCUT2D eigenvalue weighted by Gasteiger charge is 2.18. The van der Waals surface area contributed by atoms with E-state index in [0.717, 1.165) is 17.0 Å². The minimum atomic E-state index is 0.375. The van der Waals surface area contributed by atoms with Gasteiger partial charge in [0.05, 0.1) is 12.2 Å². The molecule has 18 heavy (non-hydrogen) atoms. The molecule has 0 aliphatic heterocycles. The number of hydrogen-bond donors (Lipinski definition) is 1. The second kappa shape index (κ2) is 5.12. The Kier molecular flexibility index (Phi) is 3.73. The molecule has 2 atom stereocenters. The summed E-state index contributed by atoms with van der Waals surface area (Å²) < 4.78 is 2.04. The summed E-state index contributed by atoms with van der Waals surface area (Å²) >= 11 is 0. The number of nitrogens with zero attached hydrogens (tertiary/aromatic N) is 3. The van der Waals surface area contributed by atoms with Crippen LogP contribution in [0.25, 0.3) is 11.2 Å². The first-order valence-corrected chi connectivity index (χ1v) is 6.97. The molecular formula is C14H24N4. The van der Waals surface area contributed by atoms with E-state index in [1.54, 1.807) is 0 Å². The zero-order valence-corrected chi connectivity index (χ0v) is 12.1. The first kappa shape index (κ1) is 13.1. The van der Waals surface area contributed by atoms with E-state index in [9.17, 15) is 0 Å². The van der Waals surface area contributed by atoms with Crippen LogP contribution in [-0.4, -0.2) is 19.7 Å². The third-order valence-electron chi connectivity index (χ3n) is 3.80. The Labute approximate surface area is 109 Å². The molecule has 0 saturated heterocycles. The number of H-pyrrole nitrogens is 1. The van der Waals surface area contributed by atoms with Gasteiger partial charge >= 0.3 is 0 Å². The fourth-order valence-electron chi connectivity index (χ4n) is 2.22. The monoisotopic (exact) mass is 248 g/mol. The summed E-state index contributed by atoms with van der Waals surface area (Å²) in [6.45, 7) is 11.1. The van der Waals surface area contributed by atoms with E-state index in [0.29, 0.717) is 17.9 Å². The number of nitrogens with one attached hydrogen (secondary N) is 1. The van der Waals surface area contributed by atoms with Crippen molar-refractivity contribution in [1.29, 1.82) is 0 Å². The molecule has 0 saturated carbocycles. The molecule has 0 radical (unpaired) electrons. The van der Waals surface area contributed by atoms with Gasteiger partial charge in [0.2, 0.25) is 0 Å². The van der Waals surface area contributed by atoms with Crippen LogP contribution >= 0.6 is 0 Å². The Bertz CT molecular complexity index is 509. The van der Waals surface area contributed by atoms with E-state index >= 15 is 0 Å². The molecule has 0 aliphatic rings. The number of fused-ring (bicyclic) bond motifs is 1. The minimum absolute atomic E-state index is 0.375. The molecule has 0 fully saturated rings. The van der Waals surface area contributed by atoms with Crippen molar-refractivity contribution in [3.05, 3.63) is 12.0 Å². The van der Waals surface area contributed by atoms with Gasteiger partial charge in [-0.25, -0.2) is 9.67 Å². The number of imidazole rings is 1. The molecule has 4 nitrogen and oxygen atoms in total. The molecule has 0 bridgehead atoms. The molecule has 0 amide bonds. The molecule has 0 aromatic carbocycles. The Morgan fingerprint density at radius 1 is 1.28 bits per heavy atom. The first-order valence-electron chi connectivity index (χ1n) is 6.97. The SMILES string of the molecule is CCC[C@@H](C)c1nc2c(cnn2[C@@H](C)C(C)C)[nH]1. The van der Waals surface area contributed by atoms with Crippen molar-refractivity contribution in [3.63, 3.8) is 0 Å². The lowest BCUT2D eigenvalue weighted by Crippen LogP contribution is -2.13. The van der Waals surface area contributed by atoms with Crippen molar-refractivity contribution in [3.8, 4) is 0 Å². The van der Waals surface area contributed by atoms with Gasteiger partial charge in [0.25, 0.3) is 0 Å². The van der Waals surface area contributed by atoms with Crippen molar-refractivity contribution in [2.75, 3.05) is 0 Å². The predicted molar refractivity (Wildman–Crippen MR) is 74.8 cm³/mol. The minimum Gasteiger partial charge on any atom is -0.339 e. The van der Waals surface area contributed by atoms with E-state index in [1.165, 1.54) is 12.8 Å². The van der Waals surface area contributed by atoms with Gasteiger partial charge in [-0.2, -0.15) is 5.10 Å². The fraction of sp³-hybridized carbons (Fsp3) is 0.714. The molecule has 4 heteroatoms. The molecule has 100 valence electrons. The van der Waals surface area contributed by atoms with Crippen molar-refractivity contribution in [1.82, 2.24) is 19.7 Å². The van der Waals surface area contributed by atoms with Gasteiger partial charge in [0.15, 0.2) is 5.65 Å². The first-order chi connectivity index (χ1) is 8.54. The van der Waals surface area contributed by atoms with Crippen molar-refractivity contribution >= 4 is 11.2 Å². The van der Waals surface area contributed by atoms with Gasteiger partial charge < -0.3 is 4.98 Å². The van der Waals surface area contributed by atoms with E-state index in [-0.39, 0.29) is 0 Å². The van der Waals surface area contributed by atoms with Gasteiger partial charge in [0, 0.05) is 5.92 Å². The Morgan fingerprint density at radius 2 is 2.00 bits per heavy atom. The van der Waals surface area contributed by atoms with Crippen LogP contribution in [0.15, 0.2) is 6.20 Å². The maximum atomic E-state index is 4.74. The van der Waals surface area contributed by atoms with E-state index in [2.05, 4.69) is 44.7 Å². The Hall–Kier alpha value is -1.32. The number of aromatic nitrogens is 4. The van der Waals surface area contributed by atoms with E-state index < -0.39 is 0 Å². The largest absolute Gasteiger partial charge is 0.339 e. The summed E-state index contributed by atoms with van der Waals surface area (Å²) in [4.78, 5) is 8.14. The highest BCUT2D eigenvalue weighted by Crippen LogP contribution is 2.24. The van der Waals surface area contributed by atoms with Crippen LogP contribution in [-0.2, 0) is 0 Å². The van der Waals surface area contributed by atoms with Crippen LogP contribution in [0.4, 0.5) is 0 Å². The predicted octanol–water partition coefficient (Wildman–Crippen LogP) is 3.88. The summed E-state index contributed by atoms with van der Waals surface area (Å²) in [5.74, 6) is 2.14. The normalized spacial score (nSPS) is 15.4. The molecule has 0 unspecified atom stereocenters. The van der Waals surface area contributed by atoms with Crippen molar-refractivity contribution in [2.45, 2.75) is 59.4 Å². The van der Waals surface area contributed by atoms with Crippen LogP contribution in [0.5, 0.6) is 0 Å². The maximum absolute atomic E-state index is 4.74. The van der Waals surface area contributed by atoms with Gasteiger partial charge in [0.1, 0.15) is 11.3 Å². The third-order valence-corrected chi connectivity index (χ3v) is 3.80. The summed E-state index contributed by atoms with van der Waals surface area (Å²) in [5, 5.41) is 4.45. The second-order valence-electron chi connectivity index (χ2n) is 5.62. The number of hydrogen-bond acceptors (Lipinski definition) is 2. The molecule has 2 rings (SSSR count). The second-order valence-corrected chi connectivity index (χ2v) is 5.62. The zero-order valence-electron chi connectivity index (χ0n) is 12.1. The summed E-state index contributed by atoms with van der Waals surface area (Å²) in [6, 6.07) is 0.375. The fourth-order valence-corrected chi connectivity index (χ4v) is 2.22. The van der Waals surface area contributed by atoms with Gasteiger partial charge in [-0.3, -0.25) is 0 Å². The Morgan fingerprint density at radius 3 is 2.61 bits per heavy atom. The highest BCUT2D eigenvalue weighted by molar-refractivity contribution is 5.70. The molecule has 0 aliphatic carbocycles. The van der Waals surface area contributed by atoms with Crippen molar-refractivity contribution < 1.29 is 0 Å². The van der Waals surface area contributed by atoms with Gasteiger partial charge in [-0.1, -0.05) is 34.1 Å². The summed E-state index contributed by atoms with van der Waals surface area (Å²) in [7, 11) is 0. The molecule has 2 heterocycles. The number of aromatic amines is 1. The molecule has 0 spiro atoms. The maximum Gasteiger partial charge on any atom is 0.176 e. The molecule has 2 aromatic heterocycles. The van der Waals surface area contributed by atoms with Crippen LogP contribution in [0.3, 0.4) is 0 Å². The highest BCUT2D eigenvalue weighted by atomic mass is 15.3. The molecular weight excluding hydrogens is 224 g/mol. The summed E-state index contributed by atoms with van der Waals surface area (Å²) in [5.41, 5.74) is 2.05. The quantitative estimate of drug-likeness (QED) is 0.872. The van der Waals surface area contributed by atoms with Crippen LogP contribution < -0.4 is 0 Å². The topological polar surface area (TPSA) is 46.5 Å². The van der Waals surface area contributed by atoms with Crippen LogP contribution in [0, 0.1) is 5.92 Å². The number of rotatable bonds is 5. The third kappa shape index (κ3) is 2.28. The smallest absolute Gasteiger partial charge is 0.176 e. The van der Waals surface area contributed by atoms with Crippen molar-refractivity contribution in [2.24, 2.45) is 5.92 Å². The average molecular weight is 248 g/mol. The molecule has 2 aromatic rings. The van der Waals surface area contributed by atoms with E-state index in [1.807, 2.05) is 10.9 Å². The lowest BCUT2D eigenvalue weighted by atomic mass is 10.1. The average Bonchev–Trinajstić information content (AvgIpc) is 2.87. The standard InChI is InChI=1S/C14H24N4/c1-6-7-10(4)13-16-12-8-15-18(14(12)17-13)11(5)9(2)3/h8-11H,6-7H2,1-5H3,(H,16,17)/t10-,11+/m1/s1. The summed E-state index contributed by atoms with van der Waals surface area (Å²) in [6.07, 6.45) is 4.25. The lowest BCUT2D eigenvalue weighted by Gasteiger charge is -2.15.